The van der Waals surface area contributed by atoms with Crippen molar-refractivity contribution in [1.29, 1.82) is 0 Å². The number of hydrogen-bond donors (Lipinski definition) is 2. The Kier molecular flexibility index (Phi) is 3.98. The highest BCUT2D eigenvalue weighted by Gasteiger charge is 2.37. The first-order valence-electron chi connectivity index (χ1n) is 7.03. The Balaban J connectivity index is 1.81. The molecular formula is C17H17ClFNO. The van der Waals surface area contributed by atoms with Crippen molar-refractivity contribution in [3.05, 3.63) is 70.0 Å². The van der Waals surface area contributed by atoms with Crippen LogP contribution in [0.5, 0.6) is 0 Å². The van der Waals surface area contributed by atoms with Gasteiger partial charge in [-0.25, -0.2) is 4.39 Å². The largest absolute Gasteiger partial charge is 0.394 e. The van der Waals surface area contributed by atoms with Crippen LogP contribution in [0.15, 0.2) is 42.5 Å². The Morgan fingerprint density at radius 2 is 2.05 bits per heavy atom. The zero-order valence-electron chi connectivity index (χ0n) is 11.6. The third kappa shape index (κ3) is 2.69. The van der Waals surface area contributed by atoms with Gasteiger partial charge < -0.3 is 10.4 Å². The minimum absolute atomic E-state index is 0.0406. The Morgan fingerprint density at radius 3 is 2.81 bits per heavy atom. The Hall–Kier alpha value is -1.42. The van der Waals surface area contributed by atoms with Gasteiger partial charge in [0.25, 0.3) is 0 Å². The van der Waals surface area contributed by atoms with Gasteiger partial charge in [-0.05, 0) is 41.7 Å². The van der Waals surface area contributed by atoms with Gasteiger partial charge in [0.05, 0.1) is 17.2 Å². The van der Waals surface area contributed by atoms with Crippen LogP contribution in [0, 0.1) is 5.82 Å². The van der Waals surface area contributed by atoms with E-state index in [9.17, 15) is 9.50 Å². The summed E-state index contributed by atoms with van der Waals surface area (Å²) in [5, 5.41) is 13.4. The zero-order valence-corrected chi connectivity index (χ0v) is 12.3. The molecule has 1 atom stereocenters. The fourth-order valence-corrected chi connectivity index (χ4v) is 3.22. The van der Waals surface area contributed by atoms with Crippen molar-refractivity contribution in [1.82, 2.24) is 5.32 Å². The molecule has 3 rings (SSSR count). The first-order valence-corrected chi connectivity index (χ1v) is 7.41. The van der Waals surface area contributed by atoms with Crippen LogP contribution < -0.4 is 5.32 Å². The van der Waals surface area contributed by atoms with Crippen molar-refractivity contribution in [3.63, 3.8) is 0 Å². The average Bonchev–Trinajstić information content (AvgIpc) is 2.88. The van der Waals surface area contributed by atoms with E-state index in [1.807, 2.05) is 12.1 Å². The van der Waals surface area contributed by atoms with Crippen molar-refractivity contribution in [3.8, 4) is 0 Å². The highest BCUT2D eigenvalue weighted by atomic mass is 35.5. The van der Waals surface area contributed by atoms with Crippen LogP contribution in [0.3, 0.4) is 0 Å². The molecule has 4 heteroatoms. The molecule has 1 aliphatic rings. The molecule has 0 aromatic heterocycles. The van der Waals surface area contributed by atoms with Crippen molar-refractivity contribution in [2.45, 2.75) is 24.9 Å². The second-order valence-electron chi connectivity index (χ2n) is 5.50. The van der Waals surface area contributed by atoms with E-state index in [1.54, 1.807) is 12.1 Å². The minimum atomic E-state index is -0.419. The lowest BCUT2D eigenvalue weighted by molar-refractivity contribution is 0.159. The van der Waals surface area contributed by atoms with Gasteiger partial charge in [0, 0.05) is 6.54 Å². The SMILES string of the molecule is OCC1(NCc2ccc(F)c(Cl)c2)CCc2ccccc21. The quantitative estimate of drug-likeness (QED) is 0.907. The molecule has 0 saturated carbocycles. The molecule has 0 radical (unpaired) electrons. The first kappa shape index (κ1) is 14.5. The summed E-state index contributed by atoms with van der Waals surface area (Å²) in [7, 11) is 0. The normalized spacial score (nSPS) is 20.5. The number of nitrogens with one attached hydrogen (secondary N) is 1. The standard InChI is InChI=1S/C17H17ClFNO/c18-15-9-12(5-6-16(15)19)10-20-17(11-21)8-7-13-3-1-2-4-14(13)17/h1-6,9,20-21H,7-8,10-11H2. The predicted octanol–water partition coefficient (Wildman–Crippen LogP) is 3.40. The van der Waals surface area contributed by atoms with E-state index < -0.39 is 11.4 Å². The summed E-state index contributed by atoms with van der Waals surface area (Å²) in [6.45, 7) is 0.577. The topological polar surface area (TPSA) is 32.3 Å². The maximum Gasteiger partial charge on any atom is 0.141 e. The van der Waals surface area contributed by atoms with E-state index in [-0.39, 0.29) is 11.6 Å². The lowest BCUT2D eigenvalue weighted by Crippen LogP contribution is -2.43. The van der Waals surface area contributed by atoms with E-state index in [1.165, 1.54) is 11.6 Å². The van der Waals surface area contributed by atoms with Crippen LogP contribution in [0.1, 0.15) is 23.1 Å². The van der Waals surface area contributed by atoms with Crippen molar-refractivity contribution < 1.29 is 9.50 Å². The van der Waals surface area contributed by atoms with E-state index in [4.69, 9.17) is 11.6 Å². The molecule has 2 aromatic rings. The number of rotatable bonds is 4. The second kappa shape index (κ2) is 5.76. The third-order valence-electron chi connectivity index (χ3n) is 4.24. The summed E-state index contributed by atoms with van der Waals surface area (Å²) < 4.78 is 13.2. The molecular weight excluding hydrogens is 289 g/mol. The van der Waals surface area contributed by atoms with Gasteiger partial charge in [0.2, 0.25) is 0 Å². The maximum atomic E-state index is 13.2. The first-order chi connectivity index (χ1) is 10.1. The van der Waals surface area contributed by atoms with E-state index in [0.717, 1.165) is 24.0 Å². The minimum Gasteiger partial charge on any atom is -0.394 e. The molecule has 0 aliphatic heterocycles. The highest BCUT2D eigenvalue weighted by molar-refractivity contribution is 6.30. The van der Waals surface area contributed by atoms with Gasteiger partial charge >= 0.3 is 0 Å². The summed E-state index contributed by atoms with van der Waals surface area (Å²) >= 11 is 5.81. The highest BCUT2D eigenvalue weighted by Crippen LogP contribution is 2.36. The number of halogens is 2. The lowest BCUT2D eigenvalue weighted by atomic mass is 9.92. The molecule has 0 bridgehead atoms. The fraction of sp³-hybridized carbons (Fsp3) is 0.294. The molecule has 0 amide bonds. The summed E-state index contributed by atoms with van der Waals surface area (Å²) in [5.74, 6) is -0.413. The van der Waals surface area contributed by atoms with Crippen LogP contribution >= 0.6 is 11.6 Å². The number of benzene rings is 2. The maximum absolute atomic E-state index is 13.2. The Bertz CT molecular complexity index is 661. The van der Waals surface area contributed by atoms with Crippen LogP contribution in [-0.4, -0.2) is 11.7 Å². The summed E-state index contributed by atoms with van der Waals surface area (Å²) in [4.78, 5) is 0. The smallest absolute Gasteiger partial charge is 0.141 e. The molecule has 2 nitrogen and oxygen atoms in total. The molecule has 0 saturated heterocycles. The third-order valence-corrected chi connectivity index (χ3v) is 4.53. The van der Waals surface area contributed by atoms with Gasteiger partial charge in [0.1, 0.15) is 5.82 Å². The zero-order chi connectivity index (χ0) is 14.9. The van der Waals surface area contributed by atoms with Gasteiger partial charge in [-0.2, -0.15) is 0 Å². The number of aliphatic hydroxyl groups excluding tert-OH is 1. The predicted molar refractivity (Wildman–Crippen MR) is 81.8 cm³/mol. The summed E-state index contributed by atoms with van der Waals surface area (Å²) in [6.07, 6.45) is 1.81. The monoisotopic (exact) mass is 305 g/mol. The van der Waals surface area contributed by atoms with Gasteiger partial charge in [-0.1, -0.05) is 41.9 Å². The fourth-order valence-electron chi connectivity index (χ4n) is 3.01. The second-order valence-corrected chi connectivity index (χ2v) is 5.91. The Morgan fingerprint density at radius 1 is 1.24 bits per heavy atom. The van der Waals surface area contributed by atoms with E-state index >= 15 is 0 Å². The lowest BCUT2D eigenvalue weighted by Gasteiger charge is -2.30. The van der Waals surface area contributed by atoms with Gasteiger partial charge in [-0.3, -0.25) is 0 Å². The molecule has 2 aromatic carbocycles. The molecule has 110 valence electrons. The van der Waals surface area contributed by atoms with Crippen LogP contribution in [0.2, 0.25) is 5.02 Å². The molecule has 0 heterocycles. The summed E-state index contributed by atoms with van der Waals surface area (Å²) in [5.41, 5.74) is 2.91. The number of aliphatic hydroxyl groups is 1. The van der Waals surface area contributed by atoms with Crippen LogP contribution in [0.25, 0.3) is 0 Å². The van der Waals surface area contributed by atoms with Crippen LogP contribution in [-0.2, 0) is 18.5 Å². The van der Waals surface area contributed by atoms with Crippen molar-refractivity contribution in [2.75, 3.05) is 6.61 Å². The average molecular weight is 306 g/mol. The summed E-state index contributed by atoms with van der Waals surface area (Å²) in [6, 6.07) is 12.9. The van der Waals surface area contributed by atoms with Crippen molar-refractivity contribution in [2.24, 2.45) is 0 Å². The molecule has 0 spiro atoms. The number of fused-ring (bicyclic) bond motifs is 1. The van der Waals surface area contributed by atoms with Crippen LogP contribution in [0.4, 0.5) is 4.39 Å². The van der Waals surface area contributed by atoms with E-state index in [2.05, 4.69) is 17.4 Å². The van der Waals surface area contributed by atoms with Crippen molar-refractivity contribution >= 4 is 11.6 Å². The number of aryl methyl sites for hydroxylation is 1. The molecule has 21 heavy (non-hydrogen) atoms. The molecule has 1 unspecified atom stereocenters. The van der Waals surface area contributed by atoms with Gasteiger partial charge in [0.15, 0.2) is 0 Å². The molecule has 2 N–H and O–H groups in total. The molecule has 1 aliphatic carbocycles. The number of hydrogen-bond acceptors (Lipinski definition) is 2. The molecule has 0 fully saturated rings. The Labute approximate surface area is 128 Å². The van der Waals surface area contributed by atoms with Gasteiger partial charge in [-0.15, -0.1) is 0 Å². The van der Waals surface area contributed by atoms with E-state index in [0.29, 0.717) is 6.54 Å².